The largest absolute Gasteiger partial charge is 0.478 e. The summed E-state index contributed by atoms with van der Waals surface area (Å²) in [7, 11) is 0. The molecule has 4 nitrogen and oxygen atoms in total. The summed E-state index contributed by atoms with van der Waals surface area (Å²) in [5.74, 6) is -1.44. The van der Waals surface area contributed by atoms with Gasteiger partial charge in [-0.2, -0.15) is 0 Å². The molecule has 1 aromatic carbocycles. The molecule has 0 aliphatic heterocycles. The second-order valence-corrected chi connectivity index (χ2v) is 8.73. The van der Waals surface area contributed by atoms with Gasteiger partial charge in [-0.05, 0) is 43.9 Å². The number of ether oxygens (including phenoxy) is 1. The van der Waals surface area contributed by atoms with Gasteiger partial charge in [-0.25, -0.2) is 9.59 Å². The van der Waals surface area contributed by atoms with Gasteiger partial charge in [0, 0.05) is 0 Å². The minimum atomic E-state index is -1.03. The number of rotatable bonds is 19. The minimum Gasteiger partial charge on any atom is -0.478 e. The third kappa shape index (κ3) is 13.2. The molecule has 0 aliphatic rings. The number of carbonyl (C=O) groups excluding carboxylic acids is 1. The van der Waals surface area contributed by atoms with Crippen LogP contribution in [0.25, 0.3) is 0 Å². The third-order valence-electron chi connectivity index (χ3n) is 5.88. The van der Waals surface area contributed by atoms with E-state index in [-0.39, 0.29) is 11.7 Å². The summed E-state index contributed by atoms with van der Waals surface area (Å²) in [6.45, 7) is 4.43. The van der Waals surface area contributed by atoms with Gasteiger partial charge in [0.2, 0.25) is 0 Å². The lowest BCUT2D eigenvalue weighted by Gasteiger charge is -2.18. The molecule has 0 radical (unpaired) electrons. The van der Waals surface area contributed by atoms with Gasteiger partial charge in [-0.15, -0.1) is 0 Å². The molecule has 31 heavy (non-hydrogen) atoms. The fourth-order valence-electron chi connectivity index (χ4n) is 3.92. The maximum absolute atomic E-state index is 12.5. The number of carboxylic acid groups (broad SMARTS) is 1. The number of unbranched alkanes of at least 4 members (excludes halogenated alkanes) is 12. The molecule has 1 aromatic rings. The van der Waals surface area contributed by atoms with Crippen molar-refractivity contribution < 1.29 is 19.4 Å². The summed E-state index contributed by atoms with van der Waals surface area (Å²) in [6.07, 6.45) is 19.4. The van der Waals surface area contributed by atoms with Crippen LogP contribution in [0.4, 0.5) is 0 Å². The molecule has 0 fully saturated rings. The van der Waals surface area contributed by atoms with E-state index in [4.69, 9.17) is 9.84 Å². The first-order chi connectivity index (χ1) is 15.1. The first-order valence-corrected chi connectivity index (χ1v) is 12.6. The van der Waals surface area contributed by atoms with Crippen molar-refractivity contribution in [2.45, 2.75) is 123 Å². The highest BCUT2D eigenvalue weighted by Crippen LogP contribution is 2.18. The zero-order valence-corrected chi connectivity index (χ0v) is 19.9. The van der Waals surface area contributed by atoms with Crippen LogP contribution in [0.2, 0.25) is 0 Å². The number of carboxylic acids is 1. The van der Waals surface area contributed by atoms with Crippen LogP contribution in [-0.4, -0.2) is 23.1 Å². The van der Waals surface area contributed by atoms with Crippen LogP contribution in [0.5, 0.6) is 0 Å². The summed E-state index contributed by atoms with van der Waals surface area (Å²) in [5, 5.41) is 9.13. The monoisotopic (exact) mass is 432 g/mol. The Morgan fingerprint density at radius 1 is 0.742 bits per heavy atom. The van der Waals surface area contributed by atoms with E-state index in [1.54, 1.807) is 12.1 Å². The molecule has 0 saturated carbocycles. The molecule has 4 heteroatoms. The van der Waals surface area contributed by atoms with Crippen LogP contribution < -0.4 is 0 Å². The van der Waals surface area contributed by atoms with Gasteiger partial charge in [0.05, 0.1) is 11.1 Å². The molecule has 0 heterocycles. The molecule has 0 aliphatic carbocycles. The molecule has 0 bridgehead atoms. The Kier molecular flexibility index (Phi) is 15.6. The molecule has 176 valence electrons. The summed E-state index contributed by atoms with van der Waals surface area (Å²) >= 11 is 0. The van der Waals surface area contributed by atoms with Crippen molar-refractivity contribution in [3.05, 3.63) is 35.4 Å². The van der Waals surface area contributed by atoms with E-state index in [0.717, 1.165) is 38.5 Å². The lowest BCUT2D eigenvalue weighted by atomic mass is 10.0. The predicted octanol–water partition coefficient (Wildman–Crippen LogP) is 8.19. The number of esters is 1. The van der Waals surface area contributed by atoms with Gasteiger partial charge in [0.25, 0.3) is 0 Å². The second kappa shape index (κ2) is 17.8. The molecule has 1 atom stereocenters. The Balaban J connectivity index is 2.33. The quantitative estimate of drug-likeness (QED) is 0.177. The van der Waals surface area contributed by atoms with Crippen LogP contribution in [0.3, 0.4) is 0 Å². The van der Waals surface area contributed by atoms with Gasteiger partial charge in [-0.3, -0.25) is 0 Å². The molecular weight excluding hydrogens is 388 g/mol. The highest BCUT2D eigenvalue weighted by Gasteiger charge is 2.17. The normalized spacial score (nSPS) is 11.9. The topological polar surface area (TPSA) is 63.6 Å². The van der Waals surface area contributed by atoms with Crippen molar-refractivity contribution in [3.63, 3.8) is 0 Å². The van der Waals surface area contributed by atoms with Crippen molar-refractivity contribution in [2.24, 2.45) is 0 Å². The summed E-state index contributed by atoms with van der Waals surface area (Å²) in [6, 6.07) is 6.11. The summed E-state index contributed by atoms with van der Waals surface area (Å²) in [5.41, 5.74) is 0.432. The molecule has 0 aromatic heterocycles. The maximum Gasteiger partial charge on any atom is 0.338 e. The highest BCUT2D eigenvalue weighted by atomic mass is 16.5. The first kappa shape index (κ1) is 27.2. The van der Waals surface area contributed by atoms with Gasteiger partial charge in [0.1, 0.15) is 6.10 Å². The van der Waals surface area contributed by atoms with E-state index in [2.05, 4.69) is 13.8 Å². The molecule has 1 N–H and O–H groups in total. The van der Waals surface area contributed by atoms with Crippen molar-refractivity contribution >= 4 is 11.9 Å². The Bertz CT molecular complexity index is 611. The van der Waals surface area contributed by atoms with Crippen molar-refractivity contribution in [1.82, 2.24) is 0 Å². The van der Waals surface area contributed by atoms with Crippen molar-refractivity contribution in [2.75, 3.05) is 0 Å². The zero-order valence-electron chi connectivity index (χ0n) is 19.9. The molecule has 0 amide bonds. The van der Waals surface area contributed by atoms with Gasteiger partial charge < -0.3 is 9.84 Å². The summed E-state index contributed by atoms with van der Waals surface area (Å²) < 4.78 is 5.78. The van der Waals surface area contributed by atoms with E-state index in [0.29, 0.717) is 5.56 Å². The minimum absolute atomic E-state index is 0.0777. The Morgan fingerprint density at radius 3 is 1.74 bits per heavy atom. The Morgan fingerprint density at radius 2 is 1.19 bits per heavy atom. The van der Waals surface area contributed by atoms with Gasteiger partial charge in [-0.1, -0.05) is 97.0 Å². The highest BCUT2D eigenvalue weighted by molar-refractivity contribution is 5.94. The van der Waals surface area contributed by atoms with Crippen LogP contribution in [-0.2, 0) is 4.74 Å². The van der Waals surface area contributed by atoms with Crippen LogP contribution >= 0.6 is 0 Å². The lowest BCUT2D eigenvalue weighted by molar-refractivity contribution is 0.0249. The third-order valence-corrected chi connectivity index (χ3v) is 5.88. The maximum atomic E-state index is 12.5. The fourth-order valence-corrected chi connectivity index (χ4v) is 3.92. The van der Waals surface area contributed by atoms with Crippen LogP contribution in [0.15, 0.2) is 24.3 Å². The lowest BCUT2D eigenvalue weighted by Crippen LogP contribution is -2.19. The van der Waals surface area contributed by atoms with Crippen LogP contribution in [0, 0.1) is 0 Å². The predicted molar refractivity (Wildman–Crippen MR) is 128 cm³/mol. The van der Waals surface area contributed by atoms with Crippen LogP contribution in [0.1, 0.15) is 137 Å². The van der Waals surface area contributed by atoms with E-state index in [1.165, 1.54) is 76.3 Å². The molecule has 1 rings (SSSR count). The molecular formula is C27H44O4. The van der Waals surface area contributed by atoms with E-state index >= 15 is 0 Å². The van der Waals surface area contributed by atoms with Crippen molar-refractivity contribution in [3.8, 4) is 0 Å². The van der Waals surface area contributed by atoms with E-state index in [9.17, 15) is 9.59 Å². The fraction of sp³-hybridized carbons (Fsp3) is 0.704. The van der Waals surface area contributed by atoms with Gasteiger partial charge >= 0.3 is 11.9 Å². The molecule has 0 saturated heterocycles. The van der Waals surface area contributed by atoms with Gasteiger partial charge in [0.15, 0.2) is 0 Å². The van der Waals surface area contributed by atoms with E-state index in [1.807, 2.05) is 0 Å². The zero-order chi connectivity index (χ0) is 22.7. The van der Waals surface area contributed by atoms with E-state index < -0.39 is 11.9 Å². The molecule has 0 spiro atoms. The second-order valence-electron chi connectivity index (χ2n) is 8.73. The number of aromatic carboxylic acids is 1. The number of benzene rings is 1. The SMILES string of the molecule is CCCCCCCCCCCCCC(CCCCC)OC(=O)c1cccc(C(=O)O)c1. The number of carbonyl (C=O) groups is 2. The average molecular weight is 433 g/mol. The standard InChI is InChI=1S/C27H44O4/c1-3-5-7-8-9-10-11-12-13-14-16-21-25(20-15-6-4-2)31-27(30)24-19-17-18-23(22-24)26(28)29/h17-19,22,25H,3-16,20-21H2,1-2H3,(H,28,29). The van der Waals surface area contributed by atoms with Crippen molar-refractivity contribution in [1.29, 1.82) is 0 Å². The number of hydrogen-bond donors (Lipinski definition) is 1. The Hall–Kier alpha value is -1.84. The first-order valence-electron chi connectivity index (χ1n) is 12.6. The number of hydrogen-bond acceptors (Lipinski definition) is 3. The average Bonchev–Trinajstić information content (AvgIpc) is 2.77. The smallest absolute Gasteiger partial charge is 0.338 e. The molecule has 1 unspecified atom stereocenters. The Labute approximate surface area is 189 Å². The summed E-state index contributed by atoms with van der Waals surface area (Å²) in [4.78, 5) is 23.7.